The molecule has 0 amide bonds. The lowest BCUT2D eigenvalue weighted by atomic mass is 10.3. The maximum atomic E-state index is 10.6. The molecule has 1 aromatic rings. The van der Waals surface area contributed by atoms with Gasteiger partial charge in [-0.2, -0.15) is 4.98 Å². The van der Waals surface area contributed by atoms with Crippen LogP contribution in [-0.2, 0) is 4.79 Å². The normalized spacial score (nSPS) is 12.7. The van der Waals surface area contributed by atoms with E-state index < -0.39 is 11.2 Å². The Morgan fingerprint density at radius 3 is 2.92 bits per heavy atom. The molecule has 72 valence electrons. The summed E-state index contributed by atoms with van der Waals surface area (Å²) in [6.45, 7) is 1.79. The summed E-state index contributed by atoms with van der Waals surface area (Å²) in [5.74, 6) is -0.668. The number of H-pyrrole nitrogens is 1. The molecule has 0 spiro atoms. The summed E-state index contributed by atoms with van der Waals surface area (Å²) in [7, 11) is 0. The molecule has 13 heavy (non-hydrogen) atoms. The fourth-order valence-corrected chi connectivity index (χ4v) is 1.52. The van der Waals surface area contributed by atoms with Crippen LogP contribution in [0.15, 0.2) is 5.16 Å². The lowest BCUT2D eigenvalue weighted by Gasteiger charge is -2.04. The number of nitrogen functional groups attached to an aromatic ring is 1. The smallest absolute Gasteiger partial charge is 0.317 e. The van der Waals surface area contributed by atoms with Crippen molar-refractivity contribution in [3.8, 4) is 0 Å². The summed E-state index contributed by atoms with van der Waals surface area (Å²) in [6.07, 6.45) is 0.522. The molecular weight excluding hydrogens is 192 g/mol. The lowest BCUT2D eigenvalue weighted by Crippen LogP contribution is -2.14. The van der Waals surface area contributed by atoms with Crippen molar-refractivity contribution < 1.29 is 9.90 Å². The van der Waals surface area contributed by atoms with Gasteiger partial charge in [0.1, 0.15) is 5.25 Å². The van der Waals surface area contributed by atoms with Gasteiger partial charge in [0, 0.05) is 0 Å². The average Bonchev–Trinajstić information content (AvgIpc) is 2.46. The minimum absolute atomic E-state index is 0.197. The molecule has 1 heterocycles. The van der Waals surface area contributed by atoms with Crippen LogP contribution in [0.1, 0.15) is 13.3 Å². The van der Waals surface area contributed by atoms with E-state index in [0.717, 1.165) is 11.8 Å². The Kier molecular flexibility index (Phi) is 3.13. The molecule has 0 unspecified atom stereocenters. The number of hydrogen-bond donors (Lipinski definition) is 3. The maximum absolute atomic E-state index is 10.6. The summed E-state index contributed by atoms with van der Waals surface area (Å²) >= 11 is 1.08. The largest absolute Gasteiger partial charge is 0.480 e. The Balaban J connectivity index is 2.61. The van der Waals surface area contributed by atoms with Crippen molar-refractivity contribution in [3.05, 3.63) is 0 Å². The predicted octanol–water partition coefficient (Wildman–Crippen LogP) is 0.342. The minimum Gasteiger partial charge on any atom is -0.480 e. The molecule has 4 N–H and O–H groups in total. The molecule has 0 fully saturated rings. The van der Waals surface area contributed by atoms with Crippen LogP contribution in [0.5, 0.6) is 0 Å². The molecule has 0 saturated carbocycles. The first-order chi connectivity index (χ1) is 6.13. The van der Waals surface area contributed by atoms with Crippen LogP contribution >= 0.6 is 11.8 Å². The highest BCUT2D eigenvalue weighted by Gasteiger charge is 2.18. The van der Waals surface area contributed by atoms with E-state index in [1.54, 1.807) is 6.92 Å². The van der Waals surface area contributed by atoms with Crippen molar-refractivity contribution in [3.63, 3.8) is 0 Å². The van der Waals surface area contributed by atoms with E-state index >= 15 is 0 Å². The first-order valence-electron chi connectivity index (χ1n) is 3.70. The first kappa shape index (κ1) is 9.85. The topological polar surface area (TPSA) is 105 Å². The third kappa shape index (κ3) is 2.62. The lowest BCUT2D eigenvalue weighted by molar-refractivity contribution is -0.136. The Bertz CT molecular complexity index is 301. The van der Waals surface area contributed by atoms with Gasteiger partial charge in [0.25, 0.3) is 0 Å². The van der Waals surface area contributed by atoms with Crippen molar-refractivity contribution in [1.82, 2.24) is 15.2 Å². The molecule has 1 atom stereocenters. The van der Waals surface area contributed by atoms with Gasteiger partial charge in [-0.1, -0.05) is 18.7 Å². The summed E-state index contributed by atoms with van der Waals surface area (Å²) in [6, 6.07) is 0. The molecule has 0 aliphatic heterocycles. The summed E-state index contributed by atoms with van der Waals surface area (Å²) in [4.78, 5) is 14.4. The fourth-order valence-electron chi connectivity index (χ4n) is 0.746. The van der Waals surface area contributed by atoms with Crippen molar-refractivity contribution >= 4 is 23.7 Å². The fraction of sp³-hybridized carbons (Fsp3) is 0.500. The molecule has 0 radical (unpaired) electrons. The van der Waals surface area contributed by atoms with E-state index in [-0.39, 0.29) is 5.95 Å². The average molecular weight is 202 g/mol. The van der Waals surface area contributed by atoms with Crippen LogP contribution < -0.4 is 5.73 Å². The molecule has 0 saturated heterocycles. The number of aliphatic carboxylic acids is 1. The Morgan fingerprint density at radius 2 is 2.54 bits per heavy atom. The number of nitrogens with two attached hydrogens (primary N) is 1. The highest BCUT2D eigenvalue weighted by Crippen LogP contribution is 2.21. The number of carbonyl (C=O) groups is 1. The van der Waals surface area contributed by atoms with Crippen molar-refractivity contribution in [2.45, 2.75) is 23.8 Å². The van der Waals surface area contributed by atoms with Crippen molar-refractivity contribution in [2.75, 3.05) is 5.73 Å². The molecule has 0 aromatic carbocycles. The zero-order chi connectivity index (χ0) is 9.84. The third-order valence-electron chi connectivity index (χ3n) is 1.38. The Labute approximate surface area is 78.9 Å². The van der Waals surface area contributed by atoms with E-state index in [1.807, 2.05) is 0 Å². The number of rotatable bonds is 4. The van der Waals surface area contributed by atoms with Crippen molar-refractivity contribution in [1.29, 1.82) is 0 Å². The minimum atomic E-state index is -0.865. The number of carboxylic acid groups (broad SMARTS) is 1. The number of hydrogen-bond acceptors (Lipinski definition) is 5. The van der Waals surface area contributed by atoms with Gasteiger partial charge in [0.2, 0.25) is 11.1 Å². The van der Waals surface area contributed by atoms with Crippen LogP contribution in [0.4, 0.5) is 5.95 Å². The summed E-state index contributed by atoms with van der Waals surface area (Å²) in [5, 5.41) is 14.7. The van der Waals surface area contributed by atoms with Gasteiger partial charge >= 0.3 is 5.97 Å². The van der Waals surface area contributed by atoms with Gasteiger partial charge in [-0.05, 0) is 6.42 Å². The molecule has 0 aliphatic rings. The summed E-state index contributed by atoms with van der Waals surface area (Å²) in [5.41, 5.74) is 5.28. The molecule has 0 aliphatic carbocycles. The first-order valence-corrected chi connectivity index (χ1v) is 4.58. The van der Waals surface area contributed by atoms with Crippen LogP contribution in [0, 0.1) is 0 Å². The molecule has 7 heteroatoms. The predicted molar refractivity (Wildman–Crippen MR) is 48.4 cm³/mol. The summed E-state index contributed by atoms with van der Waals surface area (Å²) < 4.78 is 0. The number of aromatic amines is 1. The van der Waals surface area contributed by atoms with Gasteiger partial charge in [-0.3, -0.25) is 4.79 Å². The third-order valence-corrected chi connectivity index (χ3v) is 2.59. The van der Waals surface area contributed by atoms with Gasteiger partial charge in [-0.25, -0.2) is 5.10 Å². The van der Waals surface area contributed by atoms with Crippen LogP contribution in [0.3, 0.4) is 0 Å². The van der Waals surface area contributed by atoms with E-state index in [0.29, 0.717) is 11.6 Å². The quantitative estimate of drug-likeness (QED) is 0.608. The van der Waals surface area contributed by atoms with Gasteiger partial charge < -0.3 is 10.8 Å². The van der Waals surface area contributed by atoms with Crippen LogP contribution in [0.2, 0.25) is 0 Å². The highest BCUT2D eigenvalue weighted by molar-refractivity contribution is 8.00. The number of nitrogens with zero attached hydrogens (tertiary/aromatic N) is 2. The second-order valence-corrected chi connectivity index (χ2v) is 3.53. The molecule has 1 rings (SSSR count). The number of thioether (sulfide) groups is 1. The molecule has 6 nitrogen and oxygen atoms in total. The number of nitrogens with one attached hydrogen (secondary N) is 1. The Hall–Kier alpha value is -1.24. The standard InChI is InChI=1S/C6H10N4O2S/c1-2-3(4(11)12)13-6-8-5(7)9-10-6/h3H,2H2,1H3,(H,11,12)(H3,7,8,9,10)/t3-/m0/s1. The van der Waals surface area contributed by atoms with E-state index in [4.69, 9.17) is 10.8 Å². The van der Waals surface area contributed by atoms with E-state index in [2.05, 4.69) is 15.2 Å². The van der Waals surface area contributed by atoms with Gasteiger partial charge in [0.05, 0.1) is 0 Å². The van der Waals surface area contributed by atoms with Crippen LogP contribution in [0.25, 0.3) is 0 Å². The van der Waals surface area contributed by atoms with E-state index in [1.165, 1.54) is 0 Å². The van der Waals surface area contributed by atoms with Crippen molar-refractivity contribution in [2.24, 2.45) is 0 Å². The monoisotopic (exact) mass is 202 g/mol. The van der Waals surface area contributed by atoms with Gasteiger partial charge in [-0.15, -0.1) is 5.10 Å². The molecule has 0 bridgehead atoms. The number of carboxylic acids is 1. The Morgan fingerprint density at radius 1 is 1.85 bits per heavy atom. The molecule has 1 aromatic heterocycles. The van der Waals surface area contributed by atoms with Crippen LogP contribution in [-0.4, -0.2) is 31.5 Å². The maximum Gasteiger partial charge on any atom is 0.317 e. The highest BCUT2D eigenvalue weighted by atomic mass is 32.2. The zero-order valence-electron chi connectivity index (χ0n) is 7.02. The number of aromatic nitrogens is 3. The molecular formula is C6H10N4O2S. The number of anilines is 1. The SMILES string of the molecule is CC[C@H](Sc1n[nH]c(N)n1)C(=O)O. The zero-order valence-corrected chi connectivity index (χ0v) is 7.84. The van der Waals surface area contributed by atoms with Gasteiger partial charge in [0.15, 0.2) is 0 Å². The second kappa shape index (κ2) is 4.13. The van der Waals surface area contributed by atoms with E-state index in [9.17, 15) is 4.79 Å². The second-order valence-electron chi connectivity index (χ2n) is 2.36.